The zero-order valence-electron chi connectivity index (χ0n) is 16.8. The Morgan fingerprint density at radius 3 is 1.88 bits per heavy atom. The van der Waals surface area contributed by atoms with E-state index in [4.69, 9.17) is 9.47 Å². The topological polar surface area (TPSA) is 45.2 Å². The van der Waals surface area contributed by atoms with Crippen LogP contribution in [0.25, 0.3) is 0 Å². The van der Waals surface area contributed by atoms with Crippen molar-refractivity contribution in [3.05, 3.63) is 0 Å². The fraction of sp³-hybridized carbons (Fsp3) is 1.00. The predicted molar refractivity (Wildman–Crippen MR) is 99.2 cm³/mol. The summed E-state index contributed by atoms with van der Waals surface area (Å²) in [7, 11) is 0. The zero-order valence-corrected chi connectivity index (χ0v) is 16.8. The molecule has 0 saturated carbocycles. The molecule has 1 rings (SSSR count). The molecule has 0 aromatic carbocycles. The number of rotatable bonds is 9. The molecular weight excluding hydrogens is 304 g/mol. The molecule has 1 aliphatic rings. The van der Waals surface area contributed by atoms with Gasteiger partial charge in [-0.1, -0.05) is 41.5 Å². The van der Waals surface area contributed by atoms with Crippen LogP contribution in [0.1, 0.15) is 48.0 Å². The first-order chi connectivity index (χ1) is 11.1. The van der Waals surface area contributed by atoms with Gasteiger partial charge in [0.15, 0.2) is 6.29 Å². The Kier molecular flexibility index (Phi) is 9.17. The van der Waals surface area contributed by atoms with Crippen LogP contribution in [0.2, 0.25) is 0 Å². The number of hydrogen-bond acceptors (Lipinski definition) is 5. The van der Waals surface area contributed by atoms with E-state index in [1.807, 2.05) is 20.8 Å². The lowest BCUT2D eigenvalue weighted by Gasteiger charge is -2.35. The second-order valence-electron chi connectivity index (χ2n) is 9.20. The molecule has 0 spiro atoms. The zero-order chi connectivity index (χ0) is 18.2. The Balaban J connectivity index is 2.00. The van der Waals surface area contributed by atoms with Crippen molar-refractivity contribution in [2.75, 3.05) is 59.1 Å². The van der Waals surface area contributed by atoms with Gasteiger partial charge in [-0.05, 0) is 18.4 Å². The standard InChI is InChI=1S/C19H40N2O3/c1-18(2,3)7-8-20-9-11-21(12-10-20)13-14-23-15-16-24-17(22)19(4,5)6/h17,22H,7-16H2,1-6H3. The summed E-state index contributed by atoms with van der Waals surface area (Å²) in [6, 6.07) is 0. The van der Waals surface area contributed by atoms with Crippen molar-refractivity contribution in [3.63, 3.8) is 0 Å². The molecule has 144 valence electrons. The van der Waals surface area contributed by atoms with Crippen LogP contribution in [-0.2, 0) is 9.47 Å². The second-order valence-corrected chi connectivity index (χ2v) is 9.20. The first-order valence-electron chi connectivity index (χ1n) is 9.40. The lowest BCUT2D eigenvalue weighted by atomic mass is 9.92. The quantitative estimate of drug-likeness (QED) is 0.514. The van der Waals surface area contributed by atoms with E-state index in [9.17, 15) is 5.11 Å². The van der Waals surface area contributed by atoms with Gasteiger partial charge in [-0.25, -0.2) is 0 Å². The van der Waals surface area contributed by atoms with E-state index in [0.29, 0.717) is 18.6 Å². The number of aliphatic hydroxyl groups excluding tert-OH is 1. The van der Waals surface area contributed by atoms with Crippen LogP contribution in [0.4, 0.5) is 0 Å². The highest BCUT2D eigenvalue weighted by molar-refractivity contribution is 4.74. The molecule has 1 atom stereocenters. The molecule has 0 aliphatic carbocycles. The van der Waals surface area contributed by atoms with Gasteiger partial charge in [0.05, 0.1) is 19.8 Å². The molecule has 1 unspecified atom stereocenters. The number of piperazine rings is 1. The van der Waals surface area contributed by atoms with Crippen LogP contribution < -0.4 is 0 Å². The van der Waals surface area contributed by atoms with Crippen molar-refractivity contribution in [1.29, 1.82) is 0 Å². The molecule has 0 aromatic rings. The van der Waals surface area contributed by atoms with E-state index >= 15 is 0 Å². The van der Waals surface area contributed by atoms with E-state index in [1.54, 1.807) is 0 Å². The van der Waals surface area contributed by atoms with E-state index in [-0.39, 0.29) is 5.41 Å². The fourth-order valence-corrected chi connectivity index (χ4v) is 2.49. The third-order valence-electron chi connectivity index (χ3n) is 4.44. The Morgan fingerprint density at radius 1 is 0.833 bits per heavy atom. The highest BCUT2D eigenvalue weighted by Gasteiger charge is 2.22. The van der Waals surface area contributed by atoms with E-state index < -0.39 is 6.29 Å². The maximum Gasteiger partial charge on any atom is 0.159 e. The summed E-state index contributed by atoms with van der Waals surface area (Å²) < 4.78 is 11.0. The lowest BCUT2D eigenvalue weighted by Crippen LogP contribution is -2.47. The molecule has 24 heavy (non-hydrogen) atoms. The average molecular weight is 345 g/mol. The molecule has 1 fully saturated rings. The Hall–Kier alpha value is -0.200. The van der Waals surface area contributed by atoms with Gasteiger partial charge in [0, 0.05) is 38.1 Å². The van der Waals surface area contributed by atoms with Gasteiger partial charge in [-0.3, -0.25) is 4.90 Å². The molecule has 1 heterocycles. The summed E-state index contributed by atoms with van der Waals surface area (Å²) in [6.07, 6.45) is 0.526. The van der Waals surface area contributed by atoms with Crippen molar-refractivity contribution in [1.82, 2.24) is 9.80 Å². The first-order valence-corrected chi connectivity index (χ1v) is 9.40. The van der Waals surface area contributed by atoms with Gasteiger partial charge in [-0.2, -0.15) is 0 Å². The Labute approximate surface area is 149 Å². The van der Waals surface area contributed by atoms with Crippen LogP contribution in [-0.4, -0.2) is 80.3 Å². The van der Waals surface area contributed by atoms with Gasteiger partial charge in [0.1, 0.15) is 0 Å². The number of hydrogen-bond donors (Lipinski definition) is 1. The summed E-state index contributed by atoms with van der Waals surface area (Å²) in [5.41, 5.74) is 0.181. The molecule has 1 saturated heterocycles. The van der Waals surface area contributed by atoms with E-state index in [0.717, 1.165) is 39.3 Å². The summed E-state index contributed by atoms with van der Waals surface area (Å²) in [4.78, 5) is 5.04. The monoisotopic (exact) mass is 344 g/mol. The van der Waals surface area contributed by atoms with Crippen molar-refractivity contribution in [2.24, 2.45) is 10.8 Å². The molecule has 1 aliphatic heterocycles. The minimum atomic E-state index is -0.734. The number of nitrogens with zero attached hydrogens (tertiary/aromatic N) is 2. The molecule has 5 nitrogen and oxygen atoms in total. The van der Waals surface area contributed by atoms with Gasteiger partial charge in [0.25, 0.3) is 0 Å². The van der Waals surface area contributed by atoms with Crippen molar-refractivity contribution in [3.8, 4) is 0 Å². The minimum Gasteiger partial charge on any atom is -0.378 e. The van der Waals surface area contributed by atoms with Crippen LogP contribution in [0, 0.1) is 10.8 Å². The second kappa shape index (κ2) is 10.1. The molecular formula is C19H40N2O3. The molecule has 0 bridgehead atoms. The van der Waals surface area contributed by atoms with E-state index in [2.05, 4.69) is 30.6 Å². The van der Waals surface area contributed by atoms with E-state index in [1.165, 1.54) is 13.0 Å². The normalized spacial score (nSPS) is 19.6. The SMILES string of the molecule is CC(C)(C)CCN1CCN(CCOCCOC(O)C(C)(C)C)CC1. The fourth-order valence-electron chi connectivity index (χ4n) is 2.49. The third-order valence-corrected chi connectivity index (χ3v) is 4.44. The predicted octanol–water partition coefficient (Wildman–Crippen LogP) is 2.44. The Bertz CT molecular complexity index is 328. The lowest BCUT2D eigenvalue weighted by molar-refractivity contribution is -0.166. The van der Waals surface area contributed by atoms with Crippen LogP contribution in [0.15, 0.2) is 0 Å². The highest BCUT2D eigenvalue weighted by Crippen LogP contribution is 2.20. The molecule has 1 N–H and O–H groups in total. The van der Waals surface area contributed by atoms with Gasteiger partial charge < -0.3 is 19.5 Å². The largest absolute Gasteiger partial charge is 0.378 e. The first kappa shape index (κ1) is 21.8. The number of aliphatic hydroxyl groups is 1. The van der Waals surface area contributed by atoms with Crippen molar-refractivity contribution >= 4 is 0 Å². The van der Waals surface area contributed by atoms with Crippen molar-refractivity contribution < 1.29 is 14.6 Å². The van der Waals surface area contributed by atoms with Crippen LogP contribution in [0.5, 0.6) is 0 Å². The van der Waals surface area contributed by atoms with Gasteiger partial charge in [0.2, 0.25) is 0 Å². The summed E-state index contributed by atoms with van der Waals surface area (Å²) in [5.74, 6) is 0. The van der Waals surface area contributed by atoms with Crippen LogP contribution in [0.3, 0.4) is 0 Å². The highest BCUT2D eigenvalue weighted by atomic mass is 16.6. The summed E-state index contributed by atoms with van der Waals surface area (Å²) in [6.45, 7) is 21.3. The maximum absolute atomic E-state index is 9.77. The molecule has 0 amide bonds. The van der Waals surface area contributed by atoms with Gasteiger partial charge in [-0.15, -0.1) is 0 Å². The molecule has 0 radical (unpaired) electrons. The molecule has 0 aromatic heterocycles. The summed E-state index contributed by atoms with van der Waals surface area (Å²) in [5, 5.41) is 9.77. The Morgan fingerprint density at radius 2 is 1.38 bits per heavy atom. The minimum absolute atomic E-state index is 0.243. The molecule has 5 heteroatoms. The average Bonchev–Trinajstić information content (AvgIpc) is 2.48. The summed E-state index contributed by atoms with van der Waals surface area (Å²) >= 11 is 0. The van der Waals surface area contributed by atoms with Crippen LogP contribution >= 0.6 is 0 Å². The van der Waals surface area contributed by atoms with Gasteiger partial charge >= 0.3 is 0 Å². The van der Waals surface area contributed by atoms with Crippen molar-refractivity contribution in [2.45, 2.75) is 54.3 Å². The smallest absolute Gasteiger partial charge is 0.159 e. The third kappa shape index (κ3) is 9.94. The maximum atomic E-state index is 9.77. The number of ether oxygens (including phenoxy) is 2.